The second-order valence-corrected chi connectivity index (χ2v) is 6.78. The van der Waals surface area contributed by atoms with Gasteiger partial charge in [0.05, 0.1) is 16.6 Å². The highest BCUT2D eigenvalue weighted by Gasteiger charge is 2.28. The topological polar surface area (TPSA) is 112 Å². The van der Waals surface area contributed by atoms with Crippen molar-refractivity contribution < 1.29 is 4.79 Å². The number of carbonyl (C=O) groups is 1. The van der Waals surface area contributed by atoms with Crippen molar-refractivity contribution in [3.05, 3.63) is 68.4 Å². The molecule has 4 rings (SSSR count). The molecule has 3 aromatic rings. The molecule has 1 atom stereocenters. The number of benzene rings is 1. The lowest BCUT2D eigenvalue weighted by molar-refractivity contribution is 0.0693. The van der Waals surface area contributed by atoms with E-state index in [9.17, 15) is 14.4 Å². The zero-order chi connectivity index (χ0) is 19.0. The van der Waals surface area contributed by atoms with Crippen LogP contribution in [-0.4, -0.2) is 43.8 Å². The number of nitrogens with zero attached hydrogens (tertiary/aromatic N) is 3. The number of carbonyl (C=O) groups excluding carboxylic acids is 1. The third-order valence-corrected chi connectivity index (χ3v) is 4.82. The highest BCUT2D eigenvalue weighted by molar-refractivity contribution is 5.92. The number of hydrogen-bond acceptors (Lipinski definition) is 5. The van der Waals surface area contributed by atoms with E-state index in [0.717, 1.165) is 12.8 Å². The third-order valence-electron chi connectivity index (χ3n) is 4.82. The molecule has 1 fully saturated rings. The predicted octanol–water partition coefficient (Wildman–Crippen LogP) is 1.33. The molecule has 2 aromatic heterocycles. The van der Waals surface area contributed by atoms with Gasteiger partial charge in [-0.25, -0.2) is 9.97 Å². The molecule has 2 N–H and O–H groups in total. The Hall–Kier alpha value is -3.29. The molecule has 1 aliphatic heterocycles. The number of para-hydroxylation sites is 1. The first-order valence-corrected chi connectivity index (χ1v) is 8.87. The Labute approximate surface area is 154 Å². The summed E-state index contributed by atoms with van der Waals surface area (Å²) < 4.78 is 0. The van der Waals surface area contributed by atoms with Crippen LogP contribution in [0.25, 0.3) is 10.9 Å². The molecule has 1 aromatic carbocycles. The fourth-order valence-corrected chi connectivity index (χ4v) is 3.55. The van der Waals surface area contributed by atoms with E-state index in [1.54, 1.807) is 36.1 Å². The van der Waals surface area contributed by atoms with E-state index in [1.807, 2.05) is 0 Å². The summed E-state index contributed by atoms with van der Waals surface area (Å²) in [4.78, 5) is 52.5. The average molecular weight is 365 g/mol. The summed E-state index contributed by atoms with van der Waals surface area (Å²) in [6, 6.07) is 8.41. The van der Waals surface area contributed by atoms with Crippen molar-refractivity contribution in [2.45, 2.75) is 25.7 Å². The quantitative estimate of drug-likeness (QED) is 0.712. The smallest absolute Gasteiger partial charge is 0.289 e. The first-order chi connectivity index (χ1) is 13.0. The molecule has 0 spiro atoms. The molecule has 0 bridgehead atoms. The molecule has 1 amide bonds. The lowest BCUT2D eigenvalue weighted by Crippen LogP contribution is -2.41. The second kappa shape index (κ2) is 6.79. The van der Waals surface area contributed by atoms with Gasteiger partial charge in [-0.2, -0.15) is 0 Å². The van der Waals surface area contributed by atoms with Gasteiger partial charge in [0.1, 0.15) is 5.82 Å². The molecule has 0 unspecified atom stereocenters. The summed E-state index contributed by atoms with van der Waals surface area (Å²) >= 11 is 0. The molecule has 138 valence electrons. The van der Waals surface area contributed by atoms with Gasteiger partial charge in [0.15, 0.2) is 5.82 Å². The van der Waals surface area contributed by atoms with E-state index in [0.29, 0.717) is 35.5 Å². The lowest BCUT2D eigenvalue weighted by atomic mass is 9.94. The fraction of sp³-hybridized carbons (Fsp3) is 0.316. The van der Waals surface area contributed by atoms with Crippen molar-refractivity contribution >= 4 is 16.8 Å². The maximum Gasteiger partial charge on any atom is 0.289 e. The Morgan fingerprint density at radius 2 is 2.00 bits per heavy atom. The average Bonchev–Trinajstić information content (AvgIpc) is 2.67. The number of aryl methyl sites for hydroxylation is 1. The van der Waals surface area contributed by atoms with Gasteiger partial charge in [0.2, 0.25) is 0 Å². The number of aromatic amines is 2. The minimum absolute atomic E-state index is 0.0177. The summed E-state index contributed by atoms with van der Waals surface area (Å²) in [7, 11) is 0. The normalized spacial score (nSPS) is 17.2. The third kappa shape index (κ3) is 3.38. The number of H-pyrrole nitrogens is 2. The number of piperidine rings is 1. The van der Waals surface area contributed by atoms with Gasteiger partial charge in [-0.15, -0.1) is 0 Å². The standard InChI is InChI=1S/C19H19N5O3/c1-11-20-15(9-16(25)21-11)12-5-4-8-24(10-12)19(27)17-22-14-7-3-2-6-13(14)18(26)23-17/h2-3,6-7,9,12H,4-5,8,10H2,1H3,(H,20,21,25)(H,22,23,26)/t12-/m1/s1. The summed E-state index contributed by atoms with van der Waals surface area (Å²) in [5.41, 5.74) is 0.657. The number of nitrogens with one attached hydrogen (secondary N) is 2. The Kier molecular flexibility index (Phi) is 4.31. The summed E-state index contributed by atoms with van der Waals surface area (Å²) in [6.07, 6.45) is 1.64. The minimum atomic E-state index is -0.329. The molecule has 0 aliphatic carbocycles. The van der Waals surface area contributed by atoms with E-state index in [1.165, 1.54) is 6.07 Å². The van der Waals surface area contributed by atoms with Crippen molar-refractivity contribution in [1.82, 2.24) is 24.8 Å². The van der Waals surface area contributed by atoms with Crippen LogP contribution in [-0.2, 0) is 0 Å². The van der Waals surface area contributed by atoms with Crippen LogP contribution in [0.3, 0.4) is 0 Å². The highest BCUT2D eigenvalue weighted by atomic mass is 16.2. The van der Waals surface area contributed by atoms with Gasteiger partial charge in [-0.3, -0.25) is 14.4 Å². The van der Waals surface area contributed by atoms with Crippen molar-refractivity contribution in [3.8, 4) is 0 Å². The van der Waals surface area contributed by atoms with Gasteiger partial charge >= 0.3 is 0 Å². The van der Waals surface area contributed by atoms with Gasteiger partial charge < -0.3 is 14.9 Å². The maximum atomic E-state index is 12.9. The largest absolute Gasteiger partial charge is 0.335 e. The van der Waals surface area contributed by atoms with Crippen LogP contribution in [0.5, 0.6) is 0 Å². The Balaban J connectivity index is 1.62. The van der Waals surface area contributed by atoms with Crippen LogP contribution < -0.4 is 11.1 Å². The van der Waals surface area contributed by atoms with Crippen LogP contribution in [0.15, 0.2) is 39.9 Å². The first-order valence-electron chi connectivity index (χ1n) is 8.87. The Morgan fingerprint density at radius 1 is 1.19 bits per heavy atom. The van der Waals surface area contributed by atoms with E-state index in [-0.39, 0.29) is 28.8 Å². The molecule has 1 saturated heterocycles. The van der Waals surface area contributed by atoms with E-state index in [2.05, 4.69) is 19.9 Å². The molecular formula is C19H19N5O3. The molecule has 27 heavy (non-hydrogen) atoms. The summed E-state index contributed by atoms with van der Waals surface area (Å²) in [6.45, 7) is 2.75. The molecule has 8 nitrogen and oxygen atoms in total. The maximum absolute atomic E-state index is 12.9. The molecule has 0 saturated carbocycles. The molecule has 1 aliphatic rings. The van der Waals surface area contributed by atoms with Crippen molar-refractivity contribution in [1.29, 1.82) is 0 Å². The summed E-state index contributed by atoms with van der Waals surface area (Å²) in [5.74, 6) is 0.260. The van der Waals surface area contributed by atoms with Gasteiger partial charge in [0, 0.05) is 25.1 Å². The van der Waals surface area contributed by atoms with Crippen molar-refractivity contribution in [3.63, 3.8) is 0 Å². The number of aromatic nitrogens is 4. The Morgan fingerprint density at radius 3 is 2.81 bits per heavy atom. The molecule has 3 heterocycles. The van der Waals surface area contributed by atoms with Crippen LogP contribution in [0.4, 0.5) is 0 Å². The van der Waals surface area contributed by atoms with Gasteiger partial charge in [-0.05, 0) is 31.9 Å². The van der Waals surface area contributed by atoms with Crippen LogP contribution in [0, 0.1) is 6.92 Å². The fourth-order valence-electron chi connectivity index (χ4n) is 3.55. The SMILES string of the molecule is Cc1nc([C@@H]2CCCN(C(=O)c3nc4ccccc4c(=O)[nH]3)C2)cc(=O)[nH]1. The monoisotopic (exact) mass is 365 g/mol. The number of rotatable bonds is 2. The second-order valence-electron chi connectivity index (χ2n) is 6.78. The van der Waals surface area contributed by atoms with E-state index in [4.69, 9.17) is 0 Å². The van der Waals surface area contributed by atoms with E-state index >= 15 is 0 Å². The Bertz CT molecular complexity index is 1130. The molecule has 8 heteroatoms. The summed E-state index contributed by atoms with van der Waals surface area (Å²) in [5, 5.41) is 0.453. The number of hydrogen-bond donors (Lipinski definition) is 2. The van der Waals surface area contributed by atoms with Crippen molar-refractivity contribution in [2.24, 2.45) is 0 Å². The highest BCUT2D eigenvalue weighted by Crippen LogP contribution is 2.25. The molecule has 0 radical (unpaired) electrons. The first kappa shape index (κ1) is 17.1. The van der Waals surface area contributed by atoms with Gasteiger partial charge in [-0.1, -0.05) is 12.1 Å². The van der Waals surface area contributed by atoms with Crippen LogP contribution in [0.2, 0.25) is 0 Å². The zero-order valence-electron chi connectivity index (χ0n) is 14.9. The van der Waals surface area contributed by atoms with Crippen LogP contribution >= 0.6 is 0 Å². The number of amides is 1. The minimum Gasteiger partial charge on any atom is -0.335 e. The van der Waals surface area contributed by atoms with Crippen molar-refractivity contribution in [2.75, 3.05) is 13.1 Å². The zero-order valence-corrected chi connectivity index (χ0v) is 14.9. The predicted molar refractivity (Wildman–Crippen MR) is 99.8 cm³/mol. The van der Waals surface area contributed by atoms with E-state index < -0.39 is 0 Å². The van der Waals surface area contributed by atoms with Gasteiger partial charge in [0.25, 0.3) is 17.0 Å². The number of fused-ring (bicyclic) bond motifs is 1. The number of likely N-dealkylation sites (tertiary alicyclic amines) is 1. The molecular weight excluding hydrogens is 346 g/mol. The van der Waals surface area contributed by atoms with Crippen LogP contribution in [0.1, 0.15) is 40.9 Å². The lowest BCUT2D eigenvalue weighted by Gasteiger charge is -2.32.